The number of nitrogens with zero attached hydrogens (tertiary/aromatic N) is 1. The molecule has 5 heteroatoms. The average molecular weight is 164 g/mol. The smallest absolute Gasteiger partial charge is 0.402 e. The number of halogens is 1. The van der Waals surface area contributed by atoms with Gasteiger partial charge in [-0.25, -0.2) is 4.79 Å². The van der Waals surface area contributed by atoms with Crippen molar-refractivity contribution in [2.45, 2.75) is 0 Å². The van der Waals surface area contributed by atoms with E-state index in [4.69, 9.17) is 11.6 Å². The molecule has 0 fully saturated rings. The summed E-state index contributed by atoms with van der Waals surface area (Å²) in [7, 11) is 0. The van der Waals surface area contributed by atoms with Crippen LogP contribution in [0.15, 0.2) is 12.3 Å². The van der Waals surface area contributed by atoms with Crippen LogP contribution in [0.25, 0.3) is 0 Å². The summed E-state index contributed by atoms with van der Waals surface area (Å²) in [6, 6.07) is 1.56. The zero-order valence-corrected chi connectivity index (χ0v) is 5.78. The van der Waals surface area contributed by atoms with Gasteiger partial charge in [-0.2, -0.15) is 4.37 Å². The molecule has 48 valence electrons. The van der Waals surface area contributed by atoms with Crippen LogP contribution in [0.2, 0.25) is 0 Å². The minimum atomic E-state index is -0.834. The van der Waals surface area contributed by atoms with Gasteiger partial charge in [0.15, 0.2) is 0 Å². The molecule has 1 rings (SSSR count). The lowest BCUT2D eigenvalue weighted by Crippen LogP contribution is -1.92. The van der Waals surface area contributed by atoms with Gasteiger partial charge in [0.2, 0.25) is 5.06 Å². The van der Waals surface area contributed by atoms with Crippen LogP contribution in [-0.2, 0) is 0 Å². The fourth-order valence-electron chi connectivity index (χ4n) is 0.336. The molecule has 0 radical (unpaired) electrons. The third kappa shape index (κ3) is 1.99. The lowest BCUT2D eigenvalue weighted by atomic mass is 10.7. The zero-order chi connectivity index (χ0) is 6.69. The van der Waals surface area contributed by atoms with Crippen LogP contribution in [0.1, 0.15) is 0 Å². The van der Waals surface area contributed by atoms with E-state index in [0.717, 1.165) is 11.5 Å². The molecule has 0 saturated carbocycles. The second-order valence-electron chi connectivity index (χ2n) is 1.17. The van der Waals surface area contributed by atoms with E-state index in [1.165, 1.54) is 6.20 Å². The summed E-state index contributed by atoms with van der Waals surface area (Å²) < 4.78 is 8.12. The van der Waals surface area contributed by atoms with Crippen LogP contribution in [0, 0.1) is 0 Å². The van der Waals surface area contributed by atoms with Gasteiger partial charge in [0.25, 0.3) is 0 Å². The largest absolute Gasteiger partial charge is 0.410 e. The van der Waals surface area contributed by atoms with Crippen molar-refractivity contribution in [1.82, 2.24) is 4.37 Å². The molecular formula is C4H2ClNO2S. The molecular weight excluding hydrogens is 162 g/mol. The summed E-state index contributed by atoms with van der Waals surface area (Å²) in [6.07, 6.45) is 1.53. The Morgan fingerprint density at radius 1 is 1.89 bits per heavy atom. The maximum Gasteiger partial charge on any atom is 0.410 e. The summed E-state index contributed by atoms with van der Waals surface area (Å²) >= 11 is 5.96. The molecule has 0 aliphatic rings. The molecule has 1 aromatic heterocycles. The summed E-state index contributed by atoms with van der Waals surface area (Å²) in [5.41, 5.74) is -0.834. The van der Waals surface area contributed by atoms with Crippen molar-refractivity contribution < 1.29 is 9.53 Å². The van der Waals surface area contributed by atoms with Crippen molar-refractivity contribution in [2.24, 2.45) is 0 Å². The van der Waals surface area contributed by atoms with E-state index in [9.17, 15) is 4.79 Å². The molecule has 1 aromatic rings. The summed E-state index contributed by atoms with van der Waals surface area (Å²) in [5, 5.41) is 0.412. The number of carbonyl (C=O) groups excluding carboxylic acids is 1. The quantitative estimate of drug-likeness (QED) is 0.594. The standard InChI is InChI=1S/C4H2ClNO2S/c5-4(7)8-3-1-2-6-9-3/h1-2H. The number of hydrogen-bond acceptors (Lipinski definition) is 4. The van der Waals surface area contributed by atoms with Gasteiger partial charge in [0.05, 0.1) is 0 Å². The molecule has 0 aliphatic heterocycles. The van der Waals surface area contributed by atoms with Gasteiger partial charge >= 0.3 is 5.43 Å². The van der Waals surface area contributed by atoms with E-state index in [0.29, 0.717) is 5.06 Å². The van der Waals surface area contributed by atoms with Gasteiger partial charge < -0.3 is 4.74 Å². The number of rotatable bonds is 1. The first kappa shape index (κ1) is 6.51. The monoisotopic (exact) mass is 163 g/mol. The van der Waals surface area contributed by atoms with Gasteiger partial charge in [-0.1, -0.05) is 0 Å². The fraction of sp³-hybridized carbons (Fsp3) is 0. The number of ether oxygens (including phenoxy) is 1. The zero-order valence-electron chi connectivity index (χ0n) is 4.20. The molecule has 0 N–H and O–H groups in total. The van der Waals surface area contributed by atoms with Gasteiger partial charge in [0.1, 0.15) is 0 Å². The third-order valence-corrected chi connectivity index (χ3v) is 1.30. The lowest BCUT2D eigenvalue weighted by molar-refractivity contribution is 0.227. The molecule has 1 heterocycles. The molecule has 0 amide bonds. The Balaban J connectivity index is 2.58. The molecule has 9 heavy (non-hydrogen) atoms. The SMILES string of the molecule is O=C(Cl)Oc1ccns1. The maximum atomic E-state index is 10.0. The summed E-state index contributed by atoms with van der Waals surface area (Å²) in [5.74, 6) is 0. The van der Waals surface area contributed by atoms with E-state index >= 15 is 0 Å². The van der Waals surface area contributed by atoms with Crippen molar-refractivity contribution in [2.75, 3.05) is 0 Å². The predicted molar refractivity (Wildman–Crippen MR) is 34.0 cm³/mol. The minimum absolute atomic E-state index is 0.412. The first-order valence-corrected chi connectivity index (χ1v) is 3.22. The second-order valence-corrected chi connectivity index (χ2v) is 2.28. The van der Waals surface area contributed by atoms with Crippen molar-refractivity contribution in [3.63, 3.8) is 0 Å². The molecule has 0 saturated heterocycles. The molecule has 0 aliphatic carbocycles. The Bertz CT molecular complexity index is 198. The lowest BCUT2D eigenvalue weighted by Gasteiger charge is -1.88. The van der Waals surface area contributed by atoms with Crippen molar-refractivity contribution in [3.05, 3.63) is 12.3 Å². The molecule has 0 atom stereocenters. The van der Waals surface area contributed by atoms with Gasteiger partial charge in [-0.15, -0.1) is 0 Å². The highest BCUT2D eigenvalue weighted by atomic mass is 35.5. The first-order valence-electron chi connectivity index (χ1n) is 2.07. The van der Waals surface area contributed by atoms with Crippen LogP contribution in [-0.4, -0.2) is 9.80 Å². The van der Waals surface area contributed by atoms with Gasteiger partial charge in [0, 0.05) is 35.4 Å². The average Bonchev–Trinajstić information content (AvgIpc) is 2.15. The van der Waals surface area contributed by atoms with Crippen LogP contribution in [0.3, 0.4) is 0 Å². The highest BCUT2D eigenvalue weighted by Gasteiger charge is 1.98. The van der Waals surface area contributed by atoms with Crippen molar-refractivity contribution in [1.29, 1.82) is 0 Å². The topological polar surface area (TPSA) is 39.2 Å². The van der Waals surface area contributed by atoms with Gasteiger partial charge in [-0.3, -0.25) is 0 Å². The Hall–Kier alpha value is -0.610. The normalized spacial score (nSPS) is 9.00. The number of carbonyl (C=O) groups is 1. The minimum Gasteiger partial charge on any atom is -0.402 e. The summed E-state index contributed by atoms with van der Waals surface area (Å²) in [4.78, 5) is 10.0. The van der Waals surface area contributed by atoms with Crippen LogP contribution < -0.4 is 4.74 Å². The number of aromatic nitrogens is 1. The maximum absolute atomic E-state index is 10.0. The fourth-order valence-corrected chi connectivity index (χ4v) is 0.925. The Morgan fingerprint density at radius 3 is 3.11 bits per heavy atom. The molecule has 0 bridgehead atoms. The van der Waals surface area contributed by atoms with E-state index < -0.39 is 5.43 Å². The first-order chi connectivity index (χ1) is 4.29. The van der Waals surface area contributed by atoms with Crippen molar-refractivity contribution >= 4 is 28.6 Å². The van der Waals surface area contributed by atoms with Crippen molar-refractivity contribution in [3.8, 4) is 5.06 Å². The Labute approximate surface area is 60.4 Å². The molecule has 0 aromatic carbocycles. The predicted octanol–water partition coefficient (Wildman–Crippen LogP) is 1.88. The second kappa shape index (κ2) is 2.80. The van der Waals surface area contributed by atoms with Crippen LogP contribution >= 0.6 is 23.1 Å². The highest BCUT2D eigenvalue weighted by molar-refractivity contribution is 7.07. The Morgan fingerprint density at radius 2 is 2.67 bits per heavy atom. The molecule has 0 unspecified atom stereocenters. The van der Waals surface area contributed by atoms with E-state index in [1.54, 1.807) is 6.07 Å². The highest BCUT2D eigenvalue weighted by Crippen LogP contribution is 2.15. The number of hydrogen-bond donors (Lipinski definition) is 0. The Kier molecular flexibility index (Phi) is 2.02. The van der Waals surface area contributed by atoms with Crippen LogP contribution in [0.4, 0.5) is 4.79 Å². The van der Waals surface area contributed by atoms with Crippen LogP contribution in [0.5, 0.6) is 5.06 Å². The molecule has 0 spiro atoms. The van der Waals surface area contributed by atoms with Gasteiger partial charge in [-0.05, 0) is 0 Å². The van der Waals surface area contributed by atoms with E-state index in [-0.39, 0.29) is 0 Å². The third-order valence-electron chi connectivity index (χ3n) is 0.595. The van der Waals surface area contributed by atoms with E-state index in [1.807, 2.05) is 0 Å². The molecule has 3 nitrogen and oxygen atoms in total. The summed E-state index contributed by atoms with van der Waals surface area (Å²) in [6.45, 7) is 0. The van der Waals surface area contributed by atoms with E-state index in [2.05, 4.69) is 9.11 Å².